The number of carbonyl (C=O) groups is 1. The van der Waals surface area contributed by atoms with Crippen molar-refractivity contribution >= 4 is 34.8 Å². The average Bonchev–Trinajstić information content (AvgIpc) is 2.67. The molecule has 27 heavy (non-hydrogen) atoms. The van der Waals surface area contributed by atoms with Crippen LogP contribution in [-0.2, 0) is 11.2 Å². The van der Waals surface area contributed by atoms with Crippen molar-refractivity contribution in [1.29, 1.82) is 0 Å². The van der Waals surface area contributed by atoms with Crippen LogP contribution in [-0.4, -0.2) is 23.2 Å². The van der Waals surface area contributed by atoms with Gasteiger partial charge >= 0.3 is 0 Å². The minimum atomic E-state index is -0.166. The summed E-state index contributed by atoms with van der Waals surface area (Å²) in [5.74, 6) is 1.54. The van der Waals surface area contributed by atoms with E-state index in [0.29, 0.717) is 16.7 Å². The van der Waals surface area contributed by atoms with Crippen molar-refractivity contribution in [2.45, 2.75) is 13.3 Å². The second-order valence-electron chi connectivity index (χ2n) is 5.91. The van der Waals surface area contributed by atoms with Gasteiger partial charge in [0.2, 0.25) is 5.91 Å². The molecule has 0 saturated heterocycles. The lowest BCUT2D eigenvalue weighted by Gasteiger charge is -2.10. The van der Waals surface area contributed by atoms with Crippen LogP contribution in [0.5, 0.6) is 5.75 Å². The van der Waals surface area contributed by atoms with Crippen LogP contribution in [0.4, 0.5) is 17.3 Å². The molecular formula is C20H19ClN4O2. The minimum Gasteiger partial charge on any atom is -0.497 e. The van der Waals surface area contributed by atoms with Gasteiger partial charge in [0, 0.05) is 10.7 Å². The molecule has 6 nitrogen and oxygen atoms in total. The molecule has 0 radical (unpaired) electrons. The van der Waals surface area contributed by atoms with E-state index in [9.17, 15) is 4.79 Å². The average molecular weight is 383 g/mol. The molecule has 0 saturated carbocycles. The molecule has 1 aromatic heterocycles. The highest BCUT2D eigenvalue weighted by atomic mass is 35.5. The third kappa shape index (κ3) is 4.95. The lowest BCUT2D eigenvalue weighted by Crippen LogP contribution is -2.15. The molecule has 0 fully saturated rings. The number of amides is 1. The van der Waals surface area contributed by atoms with Gasteiger partial charge in [-0.15, -0.1) is 10.2 Å². The monoisotopic (exact) mass is 382 g/mol. The van der Waals surface area contributed by atoms with E-state index in [4.69, 9.17) is 16.3 Å². The highest BCUT2D eigenvalue weighted by Gasteiger charge is 2.07. The summed E-state index contributed by atoms with van der Waals surface area (Å²) in [6.45, 7) is 1.92. The Balaban J connectivity index is 1.59. The van der Waals surface area contributed by atoms with Crippen LogP contribution in [0.25, 0.3) is 0 Å². The first-order valence-corrected chi connectivity index (χ1v) is 8.71. The zero-order chi connectivity index (χ0) is 19.2. The van der Waals surface area contributed by atoms with Crippen LogP contribution in [0.2, 0.25) is 5.02 Å². The fourth-order valence-corrected chi connectivity index (χ4v) is 2.64. The standard InChI is InChI=1S/C20H19ClN4O2/c1-13-16(21)4-3-5-17(13)22-18-10-11-19(25-24-18)23-20(26)12-14-6-8-15(27-2)9-7-14/h3-11H,12H2,1-2H3,(H,22,24)(H,23,25,26). The van der Waals surface area contributed by atoms with E-state index in [1.54, 1.807) is 19.2 Å². The van der Waals surface area contributed by atoms with Gasteiger partial charge in [-0.1, -0.05) is 29.8 Å². The normalized spacial score (nSPS) is 10.3. The van der Waals surface area contributed by atoms with Gasteiger partial charge in [0.05, 0.1) is 13.5 Å². The molecule has 0 spiro atoms. The minimum absolute atomic E-state index is 0.166. The van der Waals surface area contributed by atoms with E-state index in [-0.39, 0.29) is 12.3 Å². The first kappa shape index (κ1) is 18.7. The van der Waals surface area contributed by atoms with Gasteiger partial charge in [-0.05, 0) is 54.4 Å². The van der Waals surface area contributed by atoms with E-state index < -0.39 is 0 Å². The number of nitrogens with one attached hydrogen (secondary N) is 2. The molecule has 2 N–H and O–H groups in total. The maximum Gasteiger partial charge on any atom is 0.229 e. The molecule has 0 atom stereocenters. The first-order chi connectivity index (χ1) is 13.0. The van der Waals surface area contributed by atoms with Gasteiger partial charge in [-0.2, -0.15) is 0 Å². The molecule has 0 aliphatic rings. The SMILES string of the molecule is COc1ccc(CC(=O)Nc2ccc(Nc3cccc(Cl)c3C)nn2)cc1. The number of halogens is 1. The van der Waals surface area contributed by atoms with Gasteiger partial charge in [0.1, 0.15) is 5.75 Å². The molecule has 7 heteroatoms. The lowest BCUT2D eigenvalue weighted by molar-refractivity contribution is -0.115. The van der Waals surface area contributed by atoms with Crippen LogP contribution < -0.4 is 15.4 Å². The first-order valence-electron chi connectivity index (χ1n) is 8.34. The van der Waals surface area contributed by atoms with Crippen LogP contribution in [0.3, 0.4) is 0 Å². The maximum absolute atomic E-state index is 12.2. The Morgan fingerprint density at radius 3 is 2.41 bits per heavy atom. The molecule has 3 rings (SSSR count). The fraction of sp³-hybridized carbons (Fsp3) is 0.150. The number of carbonyl (C=O) groups excluding carboxylic acids is 1. The predicted octanol–water partition coefficient (Wildman–Crippen LogP) is 4.37. The second-order valence-corrected chi connectivity index (χ2v) is 6.32. The molecule has 0 bridgehead atoms. The smallest absolute Gasteiger partial charge is 0.229 e. The van der Waals surface area contributed by atoms with Gasteiger partial charge in [-0.3, -0.25) is 4.79 Å². The number of rotatable bonds is 6. The Hall–Kier alpha value is -3.12. The number of nitrogens with zero attached hydrogens (tertiary/aromatic N) is 2. The van der Waals surface area contributed by atoms with E-state index in [2.05, 4.69) is 20.8 Å². The molecule has 1 heterocycles. The van der Waals surface area contributed by atoms with Gasteiger partial charge in [0.25, 0.3) is 0 Å². The third-order valence-electron chi connectivity index (χ3n) is 3.99. The molecule has 0 aliphatic heterocycles. The molecule has 3 aromatic rings. The van der Waals surface area contributed by atoms with Crippen LogP contribution >= 0.6 is 11.6 Å². The second kappa shape index (κ2) is 8.51. The Labute approximate surface area is 162 Å². The summed E-state index contributed by atoms with van der Waals surface area (Å²) < 4.78 is 5.11. The summed E-state index contributed by atoms with van der Waals surface area (Å²) in [7, 11) is 1.60. The van der Waals surface area contributed by atoms with E-state index in [0.717, 1.165) is 22.6 Å². The Kier molecular flexibility index (Phi) is 5.88. The number of ether oxygens (including phenoxy) is 1. The molecule has 0 unspecified atom stereocenters. The number of anilines is 3. The highest BCUT2D eigenvalue weighted by molar-refractivity contribution is 6.31. The third-order valence-corrected chi connectivity index (χ3v) is 4.40. The summed E-state index contributed by atoms with van der Waals surface area (Å²) in [5.41, 5.74) is 2.67. The number of hydrogen-bond acceptors (Lipinski definition) is 5. The fourth-order valence-electron chi connectivity index (χ4n) is 2.46. The van der Waals surface area contributed by atoms with Crippen molar-refractivity contribution in [3.8, 4) is 5.75 Å². The molecule has 1 amide bonds. The highest BCUT2D eigenvalue weighted by Crippen LogP contribution is 2.25. The number of methoxy groups -OCH3 is 1. The zero-order valence-electron chi connectivity index (χ0n) is 15.0. The molecule has 0 aliphatic carbocycles. The molecular weight excluding hydrogens is 364 g/mol. The maximum atomic E-state index is 12.2. The Bertz CT molecular complexity index is 928. The summed E-state index contributed by atoms with van der Waals surface area (Å²) in [6, 6.07) is 16.4. The quantitative estimate of drug-likeness (QED) is 0.662. The lowest BCUT2D eigenvalue weighted by atomic mass is 10.1. The van der Waals surface area contributed by atoms with E-state index in [1.807, 2.05) is 49.4 Å². The van der Waals surface area contributed by atoms with Crippen LogP contribution in [0.1, 0.15) is 11.1 Å². The number of hydrogen-bond donors (Lipinski definition) is 2. The van der Waals surface area contributed by atoms with Crippen molar-refractivity contribution in [2.24, 2.45) is 0 Å². The number of aromatic nitrogens is 2. The van der Waals surface area contributed by atoms with Gasteiger partial charge in [-0.25, -0.2) is 0 Å². The topological polar surface area (TPSA) is 76.1 Å². The van der Waals surface area contributed by atoms with Crippen LogP contribution in [0, 0.1) is 6.92 Å². The number of benzene rings is 2. The van der Waals surface area contributed by atoms with Gasteiger partial charge in [0.15, 0.2) is 11.6 Å². The molecule has 138 valence electrons. The van der Waals surface area contributed by atoms with E-state index in [1.165, 1.54) is 0 Å². The van der Waals surface area contributed by atoms with E-state index >= 15 is 0 Å². The van der Waals surface area contributed by atoms with Crippen LogP contribution in [0.15, 0.2) is 54.6 Å². The summed E-state index contributed by atoms with van der Waals surface area (Å²) in [5, 5.41) is 14.7. The molecule has 2 aromatic carbocycles. The largest absolute Gasteiger partial charge is 0.497 e. The summed E-state index contributed by atoms with van der Waals surface area (Å²) in [6.07, 6.45) is 0.243. The van der Waals surface area contributed by atoms with Crippen molar-refractivity contribution < 1.29 is 9.53 Å². The Morgan fingerprint density at radius 2 is 1.74 bits per heavy atom. The van der Waals surface area contributed by atoms with Gasteiger partial charge < -0.3 is 15.4 Å². The summed E-state index contributed by atoms with van der Waals surface area (Å²) >= 11 is 6.12. The van der Waals surface area contributed by atoms with Crippen molar-refractivity contribution in [1.82, 2.24) is 10.2 Å². The Morgan fingerprint density at radius 1 is 1.04 bits per heavy atom. The van der Waals surface area contributed by atoms with Crippen molar-refractivity contribution in [2.75, 3.05) is 17.7 Å². The predicted molar refractivity (Wildman–Crippen MR) is 107 cm³/mol. The van der Waals surface area contributed by atoms with Crippen molar-refractivity contribution in [3.05, 3.63) is 70.7 Å². The zero-order valence-corrected chi connectivity index (χ0v) is 15.7. The van der Waals surface area contributed by atoms with Crippen molar-refractivity contribution in [3.63, 3.8) is 0 Å². The summed E-state index contributed by atoms with van der Waals surface area (Å²) in [4.78, 5) is 12.2.